The lowest BCUT2D eigenvalue weighted by Gasteiger charge is -2.09. The van der Waals surface area contributed by atoms with E-state index in [0.29, 0.717) is 5.69 Å². The number of benzene rings is 1. The Morgan fingerprint density at radius 3 is 2.67 bits per heavy atom. The maximum Gasteiger partial charge on any atom is 0.431 e. The van der Waals surface area contributed by atoms with E-state index in [0.717, 1.165) is 16.9 Å². The number of thiazole rings is 1. The van der Waals surface area contributed by atoms with Gasteiger partial charge in [-0.05, 0) is 6.92 Å². The first-order valence-corrected chi connectivity index (χ1v) is 7.84. The first kappa shape index (κ1) is 17.9. The molecule has 0 atom stereocenters. The Balaban J connectivity index is 2.11. The lowest BCUT2D eigenvalue weighted by atomic mass is 10.2. The summed E-state index contributed by atoms with van der Waals surface area (Å²) in [4.78, 5) is 15.4. The number of esters is 1. The van der Waals surface area contributed by atoms with Gasteiger partial charge >= 0.3 is 12.1 Å². The van der Waals surface area contributed by atoms with E-state index in [1.54, 1.807) is 5.38 Å². The predicted molar refractivity (Wildman–Crippen MR) is 85.9 cm³/mol. The molecule has 1 aromatic carbocycles. The van der Waals surface area contributed by atoms with Gasteiger partial charge in [0.25, 0.3) is 0 Å². The average molecular weight is 357 g/mol. The highest BCUT2D eigenvalue weighted by Gasteiger charge is 2.37. The number of hydrazone groups is 1. The van der Waals surface area contributed by atoms with Crippen LogP contribution < -0.4 is 5.43 Å². The number of hydrogen-bond donors (Lipinski definition) is 1. The van der Waals surface area contributed by atoms with E-state index in [-0.39, 0.29) is 11.7 Å². The molecule has 1 N–H and O–H groups in total. The molecule has 0 fully saturated rings. The molecule has 128 valence electrons. The monoisotopic (exact) mass is 357 g/mol. The van der Waals surface area contributed by atoms with Crippen molar-refractivity contribution in [3.05, 3.63) is 35.7 Å². The Morgan fingerprint density at radius 2 is 2.04 bits per heavy atom. The summed E-state index contributed by atoms with van der Waals surface area (Å²) in [5.41, 5.74) is 2.45. The lowest BCUT2D eigenvalue weighted by Crippen LogP contribution is -2.27. The van der Waals surface area contributed by atoms with Gasteiger partial charge in [-0.2, -0.15) is 18.3 Å². The second-order valence-electron chi connectivity index (χ2n) is 4.55. The van der Waals surface area contributed by atoms with Gasteiger partial charge in [0.15, 0.2) is 5.71 Å². The number of alkyl halides is 3. The lowest BCUT2D eigenvalue weighted by molar-refractivity contribution is -0.142. The Morgan fingerprint density at radius 1 is 1.33 bits per heavy atom. The second kappa shape index (κ2) is 7.91. The number of nitrogens with zero attached hydrogens (tertiary/aromatic N) is 2. The van der Waals surface area contributed by atoms with Gasteiger partial charge in [0, 0.05) is 10.9 Å². The minimum Gasteiger partial charge on any atom is -0.466 e. The van der Waals surface area contributed by atoms with Crippen molar-refractivity contribution >= 4 is 28.1 Å². The van der Waals surface area contributed by atoms with Crippen LogP contribution in [0.3, 0.4) is 0 Å². The summed E-state index contributed by atoms with van der Waals surface area (Å²) < 4.78 is 43.2. The summed E-state index contributed by atoms with van der Waals surface area (Å²) in [5, 5.41) is 5.18. The van der Waals surface area contributed by atoms with Gasteiger partial charge in [-0.25, -0.2) is 4.98 Å². The summed E-state index contributed by atoms with van der Waals surface area (Å²) in [6.07, 6.45) is -5.69. The van der Waals surface area contributed by atoms with Gasteiger partial charge in [0.2, 0.25) is 5.13 Å². The Hall–Kier alpha value is -2.42. The molecule has 1 heterocycles. The van der Waals surface area contributed by atoms with Crippen molar-refractivity contribution < 1.29 is 22.7 Å². The van der Waals surface area contributed by atoms with E-state index in [1.807, 2.05) is 30.3 Å². The minimum atomic E-state index is -4.74. The third kappa shape index (κ3) is 5.05. The van der Waals surface area contributed by atoms with Crippen molar-refractivity contribution in [3.8, 4) is 11.3 Å². The zero-order valence-electron chi connectivity index (χ0n) is 12.6. The van der Waals surface area contributed by atoms with Crippen LogP contribution in [0, 0.1) is 0 Å². The summed E-state index contributed by atoms with van der Waals surface area (Å²) in [5.74, 6) is -0.987. The SMILES string of the molecule is CCOC(=O)C/C(=N\Nc1nc(-c2ccccc2)cs1)C(F)(F)F. The fourth-order valence-electron chi connectivity index (χ4n) is 1.73. The van der Waals surface area contributed by atoms with E-state index in [1.165, 1.54) is 6.92 Å². The van der Waals surface area contributed by atoms with Crippen LogP contribution in [-0.2, 0) is 9.53 Å². The van der Waals surface area contributed by atoms with Crippen LogP contribution in [0.5, 0.6) is 0 Å². The molecule has 0 amide bonds. The van der Waals surface area contributed by atoms with E-state index in [2.05, 4.69) is 20.2 Å². The average Bonchev–Trinajstić information content (AvgIpc) is 3.00. The van der Waals surface area contributed by atoms with Gasteiger partial charge < -0.3 is 4.74 Å². The predicted octanol–water partition coefficient (Wildman–Crippen LogP) is 4.09. The number of carbonyl (C=O) groups is 1. The number of halogens is 3. The maximum atomic E-state index is 12.9. The molecule has 0 aliphatic heterocycles. The maximum absolute atomic E-state index is 12.9. The quantitative estimate of drug-likeness (QED) is 0.480. The molecule has 0 bridgehead atoms. The standard InChI is InChI=1S/C15H14F3N3O2S/c1-2-23-13(22)8-12(15(16,17)18)20-21-14-19-11(9-24-14)10-6-4-3-5-7-10/h3-7,9H,2,8H2,1H3,(H,19,21)/b20-12+. The van der Waals surface area contributed by atoms with Crippen LogP contribution in [0.1, 0.15) is 13.3 Å². The van der Waals surface area contributed by atoms with E-state index < -0.39 is 24.3 Å². The van der Waals surface area contributed by atoms with E-state index in [4.69, 9.17) is 0 Å². The fraction of sp³-hybridized carbons (Fsp3) is 0.267. The molecule has 0 aliphatic carbocycles. The van der Waals surface area contributed by atoms with Crippen molar-refractivity contribution in [2.45, 2.75) is 19.5 Å². The number of ether oxygens (including phenoxy) is 1. The van der Waals surface area contributed by atoms with Crippen molar-refractivity contribution in [2.24, 2.45) is 5.10 Å². The van der Waals surface area contributed by atoms with Crippen molar-refractivity contribution in [1.29, 1.82) is 0 Å². The summed E-state index contributed by atoms with van der Waals surface area (Å²) in [7, 11) is 0. The summed E-state index contributed by atoms with van der Waals surface area (Å²) in [6.45, 7) is 1.52. The Bertz CT molecular complexity index is 714. The molecule has 0 unspecified atom stereocenters. The number of aromatic nitrogens is 1. The third-order valence-corrected chi connectivity index (χ3v) is 3.55. The minimum absolute atomic E-state index is 0.00428. The van der Waals surface area contributed by atoms with Crippen LogP contribution in [-0.4, -0.2) is 29.4 Å². The van der Waals surface area contributed by atoms with Crippen molar-refractivity contribution in [3.63, 3.8) is 0 Å². The van der Waals surface area contributed by atoms with Gasteiger partial charge in [-0.3, -0.25) is 10.2 Å². The largest absolute Gasteiger partial charge is 0.466 e. The highest BCUT2D eigenvalue weighted by atomic mass is 32.1. The highest BCUT2D eigenvalue weighted by molar-refractivity contribution is 7.14. The topological polar surface area (TPSA) is 63.6 Å². The molecule has 2 aromatic rings. The van der Waals surface area contributed by atoms with Crippen molar-refractivity contribution in [1.82, 2.24) is 4.98 Å². The molecule has 0 aliphatic rings. The molecule has 0 radical (unpaired) electrons. The molecule has 0 spiro atoms. The third-order valence-electron chi connectivity index (χ3n) is 2.80. The van der Waals surface area contributed by atoms with Gasteiger partial charge in [-0.1, -0.05) is 30.3 Å². The normalized spacial score (nSPS) is 12.1. The van der Waals surface area contributed by atoms with Crippen LogP contribution in [0.15, 0.2) is 40.8 Å². The fourth-order valence-corrected chi connectivity index (χ4v) is 2.40. The smallest absolute Gasteiger partial charge is 0.431 e. The number of nitrogens with one attached hydrogen (secondary N) is 1. The molecular formula is C15H14F3N3O2S. The molecule has 1 aromatic heterocycles. The zero-order valence-corrected chi connectivity index (χ0v) is 13.4. The van der Waals surface area contributed by atoms with E-state index >= 15 is 0 Å². The molecule has 0 saturated carbocycles. The van der Waals surface area contributed by atoms with Gasteiger partial charge in [0.1, 0.15) is 0 Å². The first-order chi connectivity index (χ1) is 11.4. The first-order valence-electron chi connectivity index (χ1n) is 6.96. The van der Waals surface area contributed by atoms with Gasteiger partial charge in [0.05, 0.1) is 18.7 Å². The Kier molecular flexibility index (Phi) is 5.91. The molecule has 24 heavy (non-hydrogen) atoms. The van der Waals surface area contributed by atoms with Crippen molar-refractivity contribution in [2.75, 3.05) is 12.0 Å². The molecule has 5 nitrogen and oxygen atoms in total. The highest BCUT2D eigenvalue weighted by Crippen LogP contribution is 2.25. The Labute approximate surface area is 140 Å². The van der Waals surface area contributed by atoms with Crippen LogP contribution >= 0.6 is 11.3 Å². The molecule has 0 saturated heterocycles. The molecule has 2 rings (SSSR count). The summed E-state index contributed by atoms with van der Waals surface area (Å²) in [6, 6.07) is 9.19. The van der Waals surface area contributed by atoms with E-state index in [9.17, 15) is 18.0 Å². The zero-order chi connectivity index (χ0) is 17.6. The van der Waals surface area contributed by atoms with Crippen LogP contribution in [0.2, 0.25) is 0 Å². The second-order valence-corrected chi connectivity index (χ2v) is 5.41. The number of hydrogen-bond acceptors (Lipinski definition) is 6. The van der Waals surface area contributed by atoms with Crippen LogP contribution in [0.25, 0.3) is 11.3 Å². The number of carbonyl (C=O) groups excluding carboxylic acids is 1. The number of rotatable bonds is 6. The molecule has 9 heteroatoms. The van der Waals surface area contributed by atoms with Gasteiger partial charge in [-0.15, -0.1) is 11.3 Å². The number of anilines is 1. The summed E-state index contributed by atoms with van der Waals surface area (Å²) >= 11 is 1.11. The van der Waals surface area contributed by atoms with Crippen LogP contribution in [0.4, 0.5) is 18.3 Å². The molecular weight excluding hydrogens is 343 g/mol.